The van der Waals surface area contributed by atoms with Crippen LogP contribution in [0.2, 0.25) is 0 Å². The summed E-state index contributed by atoms with van der Waals surface area (Å²) in [5.74, 6) is -1.03. The lowest BCUT2D eigenvalue weighted by molar-refractivity contribution is 0.0663. The van der Waals surface area contributed by atoms with Crippen molar-refractivity contribution < 1.29 is 19.1 Å². The number of aromatic carboxylic acids is 1. The minimum atomic E-state index is -1.19. The van der Waals surface area contributed by atoms with E-state index in [4.69, 9.17) is 14.3 Å². The molecule has 22 heavy (non-hydrogen) atoms. The quantitative estimate of drug-likeness (QED) is 0.548. The van der Waals surface area contributed by atoms with Gasteiger partial charge in [-0.1, -0.05) is 6.08 Å². The molecule has 112 valence electrons. The van der Waals surface area contributed by atoms with Crippen LogP contribution in [0.25, 0.3) is 17.2 Å². The summed E-state index contributed by atoms with van der Waals surface area (Å²) in [6.07, 6.45) is 8.51. The highest BCUT2D eigenvalue weighted by molar-refractivity contribution is 5.84. The molecule has 0 unspecified atom stereocenters. The third-order valence-electron chi connectivity index (χ3n) is 2.84. The van der Waals surface area contributed by atoms with Crippen LogP contribution in [0, 0.1) is 0 Å². The van der Waals surface area contributed by atoms with E-state index in [-0.39, 0.29) is 11.7 Å². The molecule has 0 atom stereocenters. The van der Waals surface area contributed by atoms with Gasteiger partial charge in [0.15, 0.2) is 0 Å². The number of fused-ring (bicyclic) bond motifs is 1. The first-order valence-electron chi connectivity index (χ1n) is 6.46. The maximum atomic E-state index is 10.9. The van der Waals surface area contributed by atoms with Crippen molar-refractivity contribution in [2.24, 2.45) is 0 Å². The highest BCUT2D eigenvalue weighted by Gasteiger charge is 2.16. The summed E-state index contributed by atoms with van der Waals surface area (Å²) < 4.78 is 12.4. The average Bonchev–Trinajstić information content (AvgIpc) is 3.16. The Hall–Kier alpha value is -3.16. The summed E-state index contributed by atoms with van der Waals surface area (Å²) in [6.45, 7) is 4.04. The number of aromatic nitrogens is 4. The highest BCUT2D eigenvalue weighted by Crippen LogP contribution is 2.23. The number of oxazole rings is 1. The van der Waals surface area contributed by atoms with Crippen molar-refractivity contribution in [3.8, 4) is 17.5 Å². The van der Waals surface area contributed by atoms with E-state index in [9.17, 15) is 4.79 Å². The Kier molecular flexibility index (Phi) is 3.57. The summed E-state index contributed by atoms with van der Waals surface area (Å²) in [7, 11) is 0. The first-order valence-corrected chi connectivity index (χ1v) is 6.46. The number of carboxylic acids is 1. The molecule has 0 spiro atoms. The number of imidazole rings is 1. The Bertz CT molecular complexity index is 836. The van der Waals surface area contributed by atoms with Crippen LogP contribution in [-0.2, 0) is 0 Å². The minimum Gasteiger partial charge on any atom is -0.475 e. The van der Waals surface area contributed by atoms with Crippen molar-refractivity contribution in [2.45, 2.75) is 6.42 Å². The zero-order valence-corrected chi connectivity index (χ0v) is 11.5. The number of carboxylic acid groups (broad SMARTS) is 1. The molecule has 0 fully saturated rings. The van der Waals surface area contributed by atoms with Gasteiger partial charge in [0.25, 0.3) is 5.88 Å². The van der Waals surface area contributed by atoms with Crippen molar-refractivity contribution in [3.05, 3.63) is 43.2 Å². The molecule has 0 radical (unpaired) electrons. The van der Waals surface area contributed by atoms with E-state index < -0.39 is 5.97 Å². The largest absolute Gasteiger partial charge is 0.475 e. The molecule has 0 aromatic carbocycles. The second-order valence-electron chi connectivity index (χ2n) is 4.35. The van der Waals surface area contributed by atoms with Crippen LogP contribution in [0.3, 0.4) is 0 Å². The first kappa shape index (κ1) is 13.8. The van der Waals surface area contributed by atoms with Crippen molar-refractivity contribution in [2.75, 3.05) is 6.61 Å². The monoisotopic (exact) mass is 300 g/mol. The number of ether oxygens (including phenoxy) is 1. The molecule has 8 heteroatoms. The molecular weight excluding hydrogens is 288 g/mol. The molecule has 3 rings (SSSR count). The molecular formula is C14H12N4O4. The van der Waals surface area contributed by atoms with Gasteiger partial charge >= 0.3 is 5.97 Å². The molecule has 3 heterocycles. The Balaban J connectivity index is 2.01. The van der Waals surface area contributed by atoms with Gasteiger partial charge in [-0.15, -0.1) is 6.58 Å². The fraction of sp³-hybridized carbons (Fsp3) is 0.143. The van der Waals surface area contributed by atoms with Gasteiger partial charge in [0.05, 0.1) is 12.8 Å². The molecule has 0 saturated heterocycles. The van der Waals surface area contributed by atoms with Crippen LogP contribution in [0.1, 0.15) is 17.0 Å². The average molecular weight is 300 g/mol. The molecule has 0 saturated carbocycles. The van der Waals surface area contributed by atoms with Gasteiger partial charge in [-0.3, -0.25) is 0 Å². The van der Waals surface area contributed by atoms with E-state index in [0.717, 1.165) is 6.20 Å². The molecule has 0 bridgehead atoms. The lowest BCUT2D eigenvalue weighted by Gasteiger charge is -2.06. The molecule has 1 N–H and O–H groups in total. The Morgan fingerprint density at radius 2 is 2.36 bits per heavy atom. The van der Waals surface area contributed by atoms with E-state index in [1.54, 1.807) is 29.1 Å². The van der Waals surface area contributed by atoms with Crippen LogP contribution in [0.4, 0.5) is 0 Å². The van der Waals surface area contributed by atoms with Gasteiger partial charge in [0.2, 0.25) is 17.3 Å². The summed E-state index contributed by atoms with van der Waals surface area (Å²) in [5.41, 5.74) is 0.907. The smallest absolute Gasteiger partial charge is 0.373 e. The van der Waals surface area contributed by atoms with Gasteiger partial charge < -0.3 is 18.7 Å². The zero-order valence-electron chi connectivity index (χ0n) is 11.5. The number of carbonyl (C=O) groups is 1. The van der Waals surface area contributed by atoms with E-state index in [2.05, 4.69) is 21.5 Å². The molecule has 0 aliphatic rings. The van der Waals surface area contributed by atoms with E-state index in [1.165, 1.54) is 0 Å². The van der Waals surface area contributed by atoms with Crippen molar-refractivity contribution in [3.63, 3.8) is 0 Å². The standard InChI is InChI=1S/C14H12N4O4/c1-2-3-6-21-13-11-15-4-5-18(11)8-9(17-13)12-16-7-10(22-12)14(19)20/h2,4-5,7-8H,1,3,6H2,(H,19,20). The SMILES string of the molecule is C=CCCOc1nc(-c2ncc(C(=O)O)o2)cn2ccnc12. The van der Waals surface area contributed by atoms with Crippen molar-refractivity contribution in [1.29, 1.82) is 0 Å². The molecule has 0 aliphatic heterocycles. The maximum Gasteiger partial charge on any atom is 0.373 e. The van der Waals surface area contributed by atoms with E-state index in [1.807, 2.05) is 0 Å². The lowest BCUT2D eigenvalue weighted by Crippen LogP contribution is -2.02. The minimum absolute atomic E-state index is 0.0987. The molecule has 3 aromatic heterocycles. The summed E-state index contributed by atoms with van der Waals surface area (Å²) in [5, 5.41) is 8.88. The molecule has 0 aliphatic carbocycles. The third kappa shape index (κ3) is 2.53. The van der Waals surface area contributed by atoms with Crippen LogP contribution in [0.15, 0.2) is 41.9 Å². The van der Waals surface area contributed by atoms with E-state index >= 15 is 0 Å². The summed E-state index contributed by atoms with van der Waals surface area (Å²) in [6, 6.07) is 0. The van der Waals surface area contributed by atoms with Crippen LogP contribution < -0.4 is 4.74 Å². The Labute approximate surface area is 124 Å². The fourth-order valence-electron chi connectivity index (χ4n) is 1.83. The second-order valence-corrected chi connectivity index (χ2v) is 4.35. The normalized spacial score (nSPS) is 10.7. The van der Waals surface area contributed by atoms with Crippen molar-refractivity contribution in [1.82, 2.24) is 19.4 Å². The van der Waals surface area contributed by atoms with Crippen LogP contribution >= 0.6 is 0 Å². The van der Waals surface area contributed by atoms with Gasteiger partial charge in [-0.25, -0.2) is 19.7 Å². The predicted octanol–water partition coefficient (Wildman–Crippen LogP) is 2.04. The predicted molar refractivity (Wildman–Crippen MR) is 75.8 cm³/mol. The second kappa shape index (κ2) is 5.68. The third-order valence-corrected chi connectivity index (χ3v) is 2.84. The highest BCUT2D eigenvalue weighted by atomic mass is 16.5. The number of nitrogens with zero attached hydrogens (tertiary/aromatic N) is 4. The summed E-state index contributed by atoms with van der Waals surface area (Å²) >= 11 is 0. The van der Waals surface area contributed by atoms with Gasteiger partial charge in [0, 0.05) is 18.6 Å². The van der Waals surface area contributed by atoms with Crippen LogP contribution in [-0.4, -0.2) is 37.0 Å². The molecule has 0 amide bonds. The fourth-order valence-corrected chi connectivity index (χ4v) is 1.83. The van der Waals surface area contributed by atoms with Crippen molar-refractivity contribution >= 4 is 11.6 Å². The Morgan fingerprint density at radius 3 is 3.09 bits per heavy atom. The Morgan fingerprint density at radius 1 is 1.50 bits per heavy atom. The lowest BCUT2D eigenvalue weighted by atomic mass is 10.4. The van der Waals surface area contributed by atoms with E-state index in [0.29, 0.717) is 30.2 Å². The maximum absolute atomic E-state index is 10.9. The zero-order chi connectivity index (χ0) is 15.5. The van der Waals surface area contributed by atoms with Gasteiger partial charge in [0.1, 0.15) is 5.69 Å². The number of hydrogen-bond donors (Lipinski definition) is 1. The molecule has 3 aromatic rings. The first-order chi connectivity index (χ1) is 10.7. The topological polar surface area (TPSA) is 103 Å². The summed E-state index contributed by atoms with van der Waals surface area (Å²) in [4.78, 5) is 23.2. The van der Waals surface area contributed by atoms with Gasteiger partial charge in [-0.05, 0) is 6.42 Å². The number of hydrogen-bond acceptors (Lipinski definition) is 6. The van der Waals surface area contributed by atoms with Gasteiger partial charge in [-0.2, -0.15) is 0 Å². The molecule has 8 nitrogen and oxygen atoms in total. The van der Waals surface area contributed by atoms with Crippen LogP contribution in [0.5, 0.6) is 5.88 Å². The number of rotatable bonds is 6.